The first kappa shape index (κ1) is 20.5. The Morgan fingerprint density at radius 3 is 2.38 bits per heavy atom. The molecule has 2 aromatic carbocycles. The van der Waals surface area contributed by atoms with E-state index in [4.69, 9.17) is 16.3 Å². The van der Waals surface area contributed by atoms with Gasteiger partial charge in [0.2, 0.25) is 0 Å². The smallest absolute Gasteiger partial charge is 0.257 e. The highest BCUT2D eigenvalue weighted by molar-refractivity contribution is 6.33. The van der Waals surface area contributed by atoms with Gasteiger partial charge in [0.1, 0.15) is 5.75 Å². The minimum absolute atomic E-state index is 0.150. The molecule has 0 spiro atoms. The summed E-state index contributed by atoms with van der Waals surface area (Å²) < 4.78 is 7.31. The molecule has 0 bridgehead atoms. The molecule has 0 aliphatic carbocycles. The van der Waals surface area contributed by atoms with E-state index in [1.807, 2.05) is 41.2 Å². The minimum Gasteiger partial charge on any atom is -0.496 e. The van der Waals surface area contributed by atoms with Gasteiger partial charge in [-0.1, -0.05) is 23.7 Å². The van der Waals surface area contributed by atoms with Crippen molar-refractivity contribution in [3.63, 3.8) is 0 Å². The number of nitrogens with zero attached hydrogens (tertiary/aromatic N) is 2. The third-order valence-corrected chi connectivity index (χ3v) is 4.89. The summed E-state index contributed by atoms with van der Waals surface area (Å²) >= 11 is 6.43. The second kappa shape index (κ2) is 8.84. The zero-order valence-corrected chi connectivity index (χ0v) is 17.2. The quantitative estimate of drug-likeness (QED) is 0.671. The van der Waals surface area contributed by atoms with Crippen molar-refractivity contribution in [2.45, 2.75) is 6.54 Å². The summed E-state index contributed by atoms with van der Waals surface area (Å²) in [6.07, 6.45) is 3.74. The predicted molar refractivity (Wildman–Crippen MR) is 113 cm³/mol. The van der Waals surface area contributed by atoms with Gasteiger partial charge in [-0.2, -0.15) is 0 Å². The van der Waals surface area contributed by atoms with Gasteiger partial charge in [0.25, 0.3) is 11.8 Å². The molecular weight excluding hydrogens is 390 g/mol. The van der Waals surface area contributed by atoms with E-state index in [-0.39, 0.29) is 11.8 Å². The Morgan fingerprint density at radius 2 is 1.79 bits per heavy atom. The molecule has 0 fully saturated rings. The minimum atomic E-state index is -0.210. The van der Waals surface area contributed by atoms with Crippen LogP contribution in [-0.2, 0) is 6.54 Å². The van der Waals surface area contributed by atoms with Crippen molar-refractivity contribution >= 4 is 23.4 Å². The first-order valence-electron chi connectivity index (χ1n) is 9.02. The van der Waals surface area contributed by atoms with Crippen molar-refractivity contribution in [2.24, 2.45) is 0 Å². The van der Waals surface area contributed by atoms with Crippen LogP contribution < -0.4 is 10.1 Å². The van der Waals surface area contributed by atoms with Crippen LogP contribution in [0.4, 0.5) is 0 Å². The maximum atomic E-state index is 13.0. The van der Waals surface area contributed by atoms with Gasteiger partial charge in [0.15, 0.2) is 0 Å². The summed E-state index contributed by atoms with van der Waals surface area (Å²) in [5, 5.41) is 3.03. The first-order chi connectivity index (χ1) is 13.9. The SMILES string of the molecule is CNC(=O)c1ccc(CN(C)C(=O)c2cc(Cl)c(-n3cccc3)cc2OC)cc1. The van der Waals surface area contributed by atoms with Crippen molar-refractivity contribution in [1.29, 1.82) is 0 Å². The number of carbonyl (C=O) groups is 2. The van der Waals surface area contributed by atoms with E-state index in [9.17, 15) is 9.59 Å². The molecule has 1 aromatic heterocycles. The summed E-state index contributed by atoms with van der Waals surface area (Å²) in [7, 11) is 4.82. The molecule has 0 aliphatic rings. The summed E-state index contributed by atoms with van der Waals surface area (Å²) in [5.41, 5.74) is 2.59. The van der Waals surface area contributed by atoms with Crippen LogP contribution in [0.15, 0.2) is 60.9 Å². The van der Waals surface area contributed by atoms with Crippen molar-refractivity contribution < 1.29 is 14.3 Å². The molecule has 6 nitrogen and oxygen atoms in total. The van der Waals surface area contributed by atoms with E-state index < -0.39 is 0 Å². The highest BCUT2D eigenvalue weighted by atomic mass is 35.5. The maximum absolute atomic E-state index is 13.0. The first-order valence-corrected chi connectivity index (χ1v) is 9.39. The van der Waals surface area contributed by atoms with Gasteiger partial charge in [-0.05, 0) is 35.9 Å². The normalized spacial score (nSPS) is 10.5. The molecule has 0 aliphatic heterocycles. The number of aromatic nitrogens is 1. The van der Waals surface area contributed by atoms with Gasteiger partial charge in [0.05, 0.1) is 23.4 Å². The summed E-state index contributed by atoms with van der Waals surface area (Å²) in [6, 6.07) is 14.3. The van der Waals surface area contributed by atoms with E-state index in [1.54, 1.807) is 43.3 Å². The molecule has 0 unspecified atom stereocenters. The second-order valence-electron chi connectivity index (χ2n) is 6.53. The molecule has 150 valence electrons. The van der Waals surface area contributed by atoms with Gasteiger partial charge in [-0.15, -0.1) is 0 Å². The lowest BCUT2D eigenvalue weighted by atomic mass is 10.1. The summed E-state index contributed by atoms with van der Waals surface area (Å²) in [6.45, 7) is 0.382. The monoisotopic (exact) mass is 411 g/mol. The largest absolute Gasteiger partial charge is 0.496 e. The van der Waals surface area contributed by atoms with Crippen molar-refractivity contribution in [3.8, 4) is 11.4 Å². The third kappa shape index (κ3) is 4.43. The number of carbonyl (C=O) groups excluding carboxylic acids is 2. The lowest BCUT2D eigenvalue weighted by Crippen LogP contribution is -2.27. The third-order valence-electron chi connectivity index (χ3n) is 4.59. The second-order valence-corrected chi connectivity index (χ2v) is 6.94. The van der Waals surface area contributed by atoms with Crippen molar-refractivity contribution in [1.82, 2.24) is 14.8 Å². The van der Waals surface area contributed by atoms with Crippen molar-refractivity contribution in [3.05, 3.63) is 82.6 Å². The lowest BCUT2D eigenvalue weighted by molar-refractivity contribution is 0.0781. The molecule has 0 atom stereocenters. The highest BCUT2D eigenvalue weighted by Crippen LogP contribution is 2.31. The highest BCUT2D eigenvalue weighted by Gasteiger charge is 2.20. The molecule has 1 heterocycles. The number of amides is 2. The van der Waals surface area contributed by atoms with E-state index in [1.165, 1.54) is 7.11 Å². The average molecular weight is 412 g/mol. The molecule has 0 saturated carbocycles. The average Bonchev–Trinajstić information content (AvgIpc) is 3.27. The molecule has 3 aromatic rings. The Morgan fingerprint density at radius 1 is 1.14 bits per heavy atom. The van der Waals surface area contributed by atoms with E-state index >= 15 is 0 Å². The number of benzene rings is 2. The fraction of sp³-hybridized carbons (Fsp3) is 0.182. The summed E-state index contributed by atoms with van der Waals surface area (Å²) in [4.78, 5) is 26.2. The molecule has 0 radical (unpaired) electrons. The Kier molecular flexibility index (Phi) is 6.24. The molecular formula is C22H22ClN3O3. The van der Waals surface area contributed by atoms with E-state index in [2.05, 4.69) is 5.32 Å². The number of rotatable bonds is 6. The van der Waals surface area contributed by atoms with Gasteiger partial charge in [-0.25, -0.2) is 0 Å². The molecule has 3 rings (SSSR count). The molecule has 0 saturated heterocycles. The fourth-order valence-corrected chi connectivity index (χ4v) is 3.29. The van der Waals surface area contributed by atoms with E-state index in [0.717, 1.165) is 11.3 Å². The predicted octanol–water partition coefficient (Wildman–Crippen LogP) is 3.77. The van der Waals surface area contributed by atoms with Crippen LogP contribution >= 0.6 is 11.6 Å². The van der Waals surface area contributed by atoms with Crippen LogP contribution in [0.3, 0.4) is 0 Å². The topological polar surface area (TPSA) is 63.6 Å². The van der Waals surface area contributed by atoms with Crippen LogP contribution in [0.25, 0.3) is 5.69 Å². The van der Waals surface area contributed by atoms with Crippen molar-refractivity contribution in [2.75, 3.05) is 21.2 Å². The fourth-order valence-electron chi connectivity index (χ4n) is 3.03. The van der Waals surface area contributed by atoms with Crippen LogP contribution in [-0.4, -0.2) is 42.5 Å². The van der Waals surface area contributed by atoms with E-state index in [0.29, 0.717) is 28.4 Å². The number of halogens is 1. The zero-order chi connectivity index (χ0) is 21.0. The van der Waals surface area contributed by atoms with Gasteiger partial charge in [0, 0.05) is 44.7 Å². The standard InChI is InChI=1S/C22H22ClN3O3/c1-24-21(27)16-8-6-15(7-9-16)14-25(2)22(28)17-12-18(23)19(13-20(17)29-3)26-10-4-5-11-26/h4-13H,14H2,1-3H3,(H,24,27). The molecule has 7 heteroatoms. The van der Waals surface area contributed by atoms with Gasteiger partial charge in [-0.3, -0.25) is 9.59 Å². The number of hydrogen-bond acceptors (Lipinski definition) is 3. The maximum Gasteiger partial charge on any atom is 0.257 e. The Hall–Kier alpha value is -3.25. The molecule has 29 heavy (non-hydrogen) atoms. The van der Waals surface area contributed by atoms with Crippen LogP contribution in [0, 0.1) is 0 Å². The number of nitrogens with one attached hydrogen (secondary N) is 1. The lowest BCUT2D eigenvalue weighted by Gasteiger charge is -2.20. The summed E-state index contributed by atoms with van der Waals surface area (Å²) in [5.74, 6) is 0.0891. The number of hydrogen-bond donors (Lipinski definition) is 1. The number of methoxy groups -OCH3 is 1. The molecule has 1 N–H and O–H groups in total. The molecule has 2 amide bonds. The van der Waals surface area contributed by atoms with Crippen LogP contribution in [0.5, 0.6) is 5.75 Å². The Balaban J connectivity index is 1.82. The Labute approximate surface area is 174 Å². The van der Waals surface area contributed by atoms with Gasteiger partial charge < -0.3 is 19.5 Å². The number of ether oxygens (including phenoxy) is 1. The van der Waals surface area contributed by atoms with Gasteiger partial charge >= 0.3 is 0 Å². The van der Waals surface area contributed by atoms with Crippen LogP contribution in [0.1, 0.15) is 26.3 Å². The van der Waals surface area contributed by atoms with Crippen LogP contribution in [0.2, 0.25) is 5.02 Å². The zero-order valence-electron chi connectivity index (χ0n) is 16.5. The Bertz CT molecular complexity index is 1010.